The molecule has 2 heterocycles. The highest BCUT2D eigenvalue weighted by atomic mass is 79.9. The summed E-state index contributed by atoms with van der Waals surface area (Å²) in [5.41, 5.74) is 1.19. The fraction of sp³-hybridized carbons (Fsp3) is 0.500. The Morgan fingerprint density at radius 2 is 2.31 bits per heavy atom. The molecule has 84 valence electrons. The molecule has 0 atom stereocenters. The van der Waals surface area contributed by atoms with E-state index in [4.69, 9.17) is 0 Å². The minimum Gasteiger partial charge on any atom is -0.296 e. The first-order chi connectivity index (χ1) is 7.75. The lowest BCUT2D eigenvalue weighted by molar-refractivity contribution is -0.119. The molecule has 1 fully saturated rings. The Morgan fingerprint density at radius 1 is 1.50 bits per heavy atom. The maximum Gasteiger partial charge on any atom is 0.231 e. The second-order valence-electron chi connectivity index (χ2n) is 4.50. The number of carbonyl (C=O) groups excluding carboxylic acids is 1. The number of amides is 1. The molecule has 0 bridgehead atoms. The number of aryl methyl sites for hydroxylation is 1. The molecule has 1 aromatic heterocycles. The molecule has 2 aliphatic rings. The lowest BCUT2D eigenvalue weighted by atomic mass is 10.1. The van der Waals surface area contributed by atoms with Gasteiger partial charge in [0, 0.05) is 23.1 Å². The van der Waals surface area contributed by atoms with Crippen LogP contribution in [0.15, 0.2) is 16.7 Å². The van der Waals surface area contributed by atoms with Gasteiger partial charge < -0.3 is 0 Å². The van der Waals surface area contributed by atoms with Crippen molar-refractivity contribution in [1.29, 1.82) is 0 Å². The molecular weight excluding hydrogens is 268 g/mol. The third kappa shape index (κ3) is 1.75. The molecule has 1 aromatic rings. The lowest BCUT2D eigenvalue weighted by Crippen LogP contribution is -2.37. The monoisotopic (exact) mass is 280 g/mol. The van der Waals surface area contributed by atoms with Gasteiger partial charge in [0.1, 0.15) is 5.82 Å². The Kier molecular flexibility index (Phi) is 2.46. The highest BCUT2D eigenvalue weighted by Crippen LogP contribution is 2.35. The second-order valence-corrected chi connectivity index (χ2v) is 5.42. The Labute approximate surface area is 103 Å². The third-order valence-corrected chi connectivity index (χ3v) is 3.62. The topological polar surface area (TPSA) is 33.2 Å². The van der Waals surface area contributed by atoms with Crippen molar-refractivity contribution in [2.24, 2.45) is 5.92 Å². The van der Waals surface area contributed by atoms with Crippen molar-refractivity contribution in [3.8, 4) is 0 Å². The first-order valence-corrected chi connectivity index (χ1v) is 6.51. The van der Waals surface area contributed by atoms with E-state index in [1.165, 1.54) is 5.56 Å². The highest BCUT2D eigenvalue weighted by molar-refractivity contribution is 9.10. The lowest BCUT2D eigenvalue weighted by Gasteiger charge is -2.28. The standard InChI is InChI=1S/C12H13BrN2O/c13-10-6-9-2-1-5-15(11(9)14-7-10)12(16)8-3-4-8/h6-8H,1-5H2. The zero-order chi connectivity index (χ0) is 11.1. The van der Waals surface area contributed by atoms with E-state index in [9.17, 15) is 4.79 Å². The fourth-order valence-corrected chi connectivity index (χ4v) is 2.58. The van der Waals surface area contributed by atoms with Crippen LogP contribution in [0.1, 0.15) is 24.8 Å². The zero-order valence-corrected chi connectivity index (χ0v) is 10.5. The van der Waals surface area contributed by atoms with E-state index in [1.54, 1.807) is 6.20 Å². The van der Waals surface area contributed by atoms with Gasteiger partial charge in [0.2, 0.25) is 5.91 Å². The highest BCUT2D eigenvalue weighted by Gasteiger charge is 2.36. The summed E-state index contributed by atoms with van der Waals surface area (Å²) in [5.74, 6) is 1.43. The minimum absolute atomic E-state index is 0.274. The van der Waals surface area contributed by atoms with Crippen molar-refractivity contribution in [2.45, 2.75) is 25.7 Å². The summed E-state index contributed by atoms with van der Waals surface area (Å²) in [4.78, 5) is 18.3. The molecule has 3 nitrogen and oxygen atoms in total. The van der Waals surface area contributed by atoms with Crippen LogP contribution < -0.4 is 4.90 Å². The number of fused-ring (bicyclic) bond motifs is 1. The first-order valence-electron chi connectivity index (χ1n) is 5.71. The summed E-state index contributed by atoms with van der Waals surface area (Å²) < 4.78 is 0.993. The Bertz CT molecular complexity index is 443. The molecule has 0 unspecified atom stereocenters. The quantitative estimate of drug-likeness (QED) is 0.792. The largest absolute Gasteiger partial charge is 0.296 e. The van der Waals surface area contributed by atoms with Gasteiger partial charge in [-0.1, -0.05) is 0 Å². The van der Waals surface area contributed by atoms with Gasteiger partial charge in [0.15, 0.2) is 0 Å². The number of pyridine rings is 1. The summed E-state index contributed by atoms with van der Waals surface area (Å²) in [6.45, 7) is 0.830. The molecule has 0 saturated heterocycles. The molecule has 1 amide bonds. The summed E-state index contributed by atoms with van der Waals surface area (Å²) in [5, 5.41) is 0. The summed E-state index contributed by atoms with van der Waals surface area (Å²) in [6.07, 6.45) is 5.96. The average molecular weight is 281 g/mol. The van der Waals surface area contributed by atoms with Crippen molar-refractivity contribution in [3.63, 3.8) is 0 Å². The summed E-state index contributed by atoms with van der Waals surface area (Å²) >= 11 is 3.42. The van der Waals surface area contributed by atoms with Crippen LogP contribution in [0.4, 0.5) is 5.82 Å². The molecule has 1 saturated carbocycles. The number of aromatic nitrogens is 1. The van der Waals surface area contributed by atoms with Gasteiger partial charge in [-0.2, -0.15) is 0 Å². The van der Waals surface area contributed by atoms with E-state index in [2.05, 4.69) is 27.0 Å². The number of nitrogens with zero attached hydrogens (tertiary/aromatic N) is 2. The minimum atomic E-state index is 0.274. The zero-order valence-electron chi connectivity index (χ0n) is 8.95. The molecule has 0 N–H and O–H groups in total. The predicted octanol–water partition coefficient (Wildman–Crippen LogP) is 2.53. The van der Waals surface area contributed by atoms with E-state index in [1.807, 2.05) is 4.90 Å². The van der Waals surface area contributed by atoms with Gasteiger partial charge in [-0.25, -0.2) is 4.98 Å². The predicted molar refractivity (Wildman–Crippen MR) is 65.3 cm³/mol. The molecule has 0 radical (unpaired) electrons. The Morgan fingerprint density at radius 3 is 3.06 bits per heavy atom. The van der Waals surface area contributed by atoms with Gasteiger partial charge in [0.05, 0.1) is 0 Å². The maximum atomic E-state index is 12.1. The Balaban J connectivity index is 1.95. The van der Waals surface area contributed by atoms with Crippen LogP contribution in [0.3, 0.4) is 0 Å². The molecule has 3 rings (SSSR count). The van der Waals surface area contributed by atoms with Crippen LogP contribution in [-0.2, 0) is 11.2 Å². The average Bonchev–Trinajstić information content (AvgIpc) is 3.10. The van der Waals surface area contributed by atoms with Crippen LogP contribution in [0.25, 0.3) is 0 Å². The number of hydrogen-bond donors (Lipinski definition) is 0. The number of anilines is 1. The van der Waals surface area contributed by atoms with Gasteiger partial charge in [-0.3, -0.25) is 9.69 Å². The van der Waals surface area contributed by atoms with E-state index in [0.29, 0.717) is 0 Å². The van der Waals surface area contributed by atoms with Crippen LogP contribution in [0.5, 0.6) is 0 Å². The smallest absolute Gasteiger partial charge is 0.231 e. The maximum absolute atomic E-state index is 12.1. The number of rotatable bonds is 1. The van der Waals surface area contributed by atoms with Crippen LogP contribution in [-0.4, -0.2) is 17.4 Å². The summed E-state index contributed by atoms with van der Waals surface area (Å²) in [6, 6.07) is 2.08. The van der Waals surface area contributed by atoms with Crippen molar-refractivity contribution in [3.05, 3.63) is 22.3 Å². The van der Waals surface area contributed by atoms with Crippen LogP contribution in [0, 0.1) is 5.92 Å². The summed E-state index contributed by atoms with van der Waals surface area (Å²) in [7, 11) is 0. The van der Waals surface area contributed by atoms with Crippen molar-refractivity contribution in [1.82, 2.24) is 4.98 Å². The molecule has 1 aliphatic heterocycles. The van der Waals surface area contributed by atoms with Gasteiger partial charge in [0.25, 0.3) is 0 Å². The molecule has 1 aliphatic carbocycles. The third-order valence-electron chi connectivity index (χ3n) is 3.19. The van der Waals surface area contributed by atoms with Crippen molar-refractivity contribution < 1.29 is 4.79 Å². The van der Waals surface area contributed by atoms with Gasteiger partial charge in [-0.15, -0.1) is 0 Å². The van der Waals surface area contributed by atoms with Crippen LogP contribution >= 0.6 is 15.9 Å². The van der Waals surface area contributed by atoms with Crippen molar-refractivity contribution >= 4 is 27.7 Å². The molecular formula is C12H13BrN2O. The molecule has 0 spiro atoms. The van der Waals surface area contributed by atoms with Crippen LogP contribution in [0.2, 0.25) is 0 Å². The van der Waals surface area contributed by atoms with Gasteiger partial charge in [-0.05, 0) is 53.2 Å². The SMILES string of the molecule is O=C(C1CC1)N1CCCc2cc(Br)cnc21. The molecule has 0 aromatic carbocycles. The van der Waals surface area contributed by atoms with Gasteiger partial charge >= 0.3 is 0 Å². The van der Waals surface area contributed by atoms with E-state index in [0.717, 1.165) is 42.5 Å². The van der Waals surface area contributed by atoms with E-state index >= 15 is 0 Å². The second kappa shape index (κ2) is 3.84. The first kappa shape index (κ1) is 10.3. The Hall–Kier alpha value is -0.900. The number of carbonyl (C=O) groups is 1. The number of halogens is 1. The van der Waals surface area contributed by atoms with E-state index in [-0.39, 0.29) is 11.8 Å². The van der Waals surface area contributed by atoms with Crippen molar-refractivity contribution in [2.75, 3.05) is 11.4 Å². The fourth-order valence-electron chi connectivity index (χ4n) is 2.20. The normalized spacial score (nSPS) is 19.4. The molecule has 4 heteroatoms. The number of hydrogen-bond acceptors (Lipinski definition) is 2. The van der Waals surface area contributed by atoms with E-state index < -0.39 is 0 Å². The molecule has 16 heavy (non-hydrogen) atoms.